The average Bonchev–Trinajstić information content (AvgIpc) is 2.65. The van der Waals surface area contributed by atoms with Crippen LogP contribution < -0.4 is 14.4 Å². The average molecular weight is 321 g/mol. The van der Waals surface area contributed by atoms with Crippen molar-refractivity contribution in [2.75, 3.05) is 25.7 Å². The Bertz CT molecular complexity index is 843. The van der Waals surface area contributed by atoms with Crippen LogP contribution in [0.1, 0.15) is 0 Å². The highest BCUT2D eigenvalue weighted by molar-refractivity contribution is 5.96. The Morgan fingerprint density at radius 3 is 2.29 bits per heavy atom. The minimum absolute atomic E-state index is 0.0182. The highest BCUT2D eigenvalue weighted by Crippen LogP contribution is 2.22. The molecule has 122 valence electrons. The maximum absolute atomic E-state index is 12.4. The van der Waals surface area contributed by atoms with Crippen molar-refractivity contribution in [2.45, 2.75) is 0 Å². The van der Waals surface area contributed by atoms with E-state index in [-0.39, 0.29) is 12.5 Å². The molecule has 0 saturated heterocycles. The van der Waals surface area contributed by atoms with Crippen molar-refractivity contribution in [1.29, 1.82) is 0 Å². The number of carbonyl (C=O) groups is 1. The number of ether oxygens (including phenoxy) is 2. The van der Waals surface area contributed by atoms with Gasteiger partial charge in [0.1, 0.15) is 11.5 Å². The van der Waals surface area contributed by atoms with Gasteiger partial charge in [0.25, 0.3) is 5.91 Å². The van der Waals surface area contributed by atoms with Gasteiger partial charge in [-0.15, -0.1) is 0 Å². The van der Waals surface area contributed by atoms with E-state index < -0.39 is 0 Å². The van der Waals surface area contributed by atoms with E-state index in [2.05, 4.69) is 0 Å². The third-order valence-corrected chi connectivity index (χ3v) is 3.92. The first kappa shape index (κ1) is 15.9. The Morgan fingerprint density at radius 1 is 0.917 bits per heavy atom. The van der Waals surface area contributed by atoms with E-state index in [0.29, 0.717) is 5.75 Å². The minimum Gasteiger partial charge on any atom is -0.497 e. The maximum Gasteiger partial charge on any atom is 0.264 e. The number of fused-ring (bicyclic) bond motifs is 1. The number of nitrogens with zero attached hydrogens (tertiary/aromatic N) is 1. The van der Waals surface area contributed by atoms with E-state index in [1.165, 1.54) is 0 Å². The van der Waals surface area contributed by atoms with Gasteiger partial charge in [0.15, 0.2) is 6.61 Å². The molecule has 0 spiro atoms. The summed E-state index contributed by atoms with van der Waals surface area (Å²) in [6.07, 6.45) is 0. The molecule has 0 bridgehead atoms. The second-order valence-corrected chi connectivity index (χ2v) is 5.45. The Hall–Kier alpha value is -3.01. The van der Waals surface area contributed by atoms with Crippen LogP contribution in [0.3, 0.4) is 0 Å². The summed E-state index contributed by atoms with van der Waals surface area (Å²) in [5.74, 6) is 1.28. The highest BCUT2D eigenvalue weighted by atomic mass is 16.5. The van der Waals surface area contributed by atoms with Crippen LogP contribution in [0.2, 0.25) is 0 Å². The van der Waals surface area contributed by atoms with Crippen LogP contribution >= 0.6 is 0 Å². The summed E-state index contributed by atoms with van der Waals surface area (Å²) < 4.78 is 10.6. The number of hydrogen-bond acceptors (Lipinski definition) is 3. The molecule has 3 aromatic carbocycles. The molecule has 1 amide bonds. The SMILES string of the molecule is COc1ccc(OCC(=O)N(C)c2ccc3ccccc3c2)cc1. The fraction of sp³-hybridized carbons (Fsp3) is 0.150. The maximum atomic E-state index is 12.4. The second-order valence-electron chi connectivity index (χ2n) is 5.45. The second kappa shape index (κ2) is 7.04. The molecule has 0 aromatic heterocycles. The minimum atomic E-state index is -0.110. The fourth-order valence-electron chi connectivity index (χ4n) is 2.44. The summed E-state index contributed by atoms with van der Waals surface area (Å²) in [5, 5.41) is 2.25. The number of rotatable bonds is 5. The van der Waals surface area contributed by atoms with Crippen LogP contribution in [0.25, 0.3) is 10.8 Å². The molecule has 0 aliphatic heterocycles. The molecule has 3 rings (SSSR count). The van der Waals surface area contributed by atoms with E-state index in [1.54, 1.807) is 43.3 Å². The lowest BCUT2D eigenvalue weighted by Gasteiger charge is -2.18. The Balaban J connectivity index is 1.66. The molecule has 4 heteroatoms. The molecule has 0 atom stereocenters. The highest BCUT2D eigenvalue weighted by Gasteiger charge is 2.12. The number of methoxy groups -OCH3 is 1. The summed E-state index contributed by atoms with van der Waals surface area (Å²) >= 11 is 0. The van der Waals surface area contributed by atoms with Gasteiger partial charge in [-0.3, -0.25) is 4.79 Å². The summed E-state index contributed by atoms with van der Waals surface area (Å²) in [7, 11) is 3.36. The smallest absolute Gasteiger partial charge is 0.264 e. The van der Waals surface area contributed by atoms with Crippen molar-refractivity contribution >= 4 is 22.4 Å². The molecule has 0 aliphatic carbocycles. The summed E-state index contributed by atoms with van der Waals surface area (Å²) in [6.45, 7) is -0.0182. The molecule has 24 heavy (non-hydrogen) atoms. The normalized spacial score (nSPS) is 10.4. The molecule has 3 aromatic rings. The van der Waals surface area contributed by atoms with Crippen molar-refractivity contribution in [3.63, 3.8) is 0 Å². The first-order valence-corrected chi connectivity index (χ1v) is 7.69. The number of carbonyl (C=O) groups excluding carboxylic acids is 1. The molecule has 0 aliphatic rings. The number of benzene rings is 3. The van der Waals surface area contributed by atoms with Gasteiger partial charge in [-0.25, -0.2) is 0 Å². The van der Waals surface area contributed by atoms with Crippen LogP contribution in [0, 0.1) is 0 Å². The molecule has 0 N–H and O–H groups in total. The standard InChI is InChI=1S/C20H19NO3/c1-21(17-8-7-15-5-3-4-6-16(15)13-17)20(22)14-24-19-11-9-18(23-2)10-12-19/h3-13H,14H2,1-2H3. The molecule has 0 unspecified atom stereocenters. The van der Waals surface area contributed by atoms with Gasteiger partial charge < -0.3 is 14.4 Å². The van der Waals surface area contributed by atoms with Crippen LogP contribution in [0.5, 0.6) is 11.5 Å². The molecule has 0 fully saturated rings. The van der Waals surface area contributed by atoms with E-state index in [4.69, 9.17) is 9.47 Å². The third kappa shape index (κ3) is 3.49. The fourth-order valence-corrected chi connectivity index (χ4v) is 2.44. The summed E-state index contributed by atoms with van der Waals surface area (Å²) in [4.78, 5) is 14.0. The Kier molecular flexibility index (Phi) is 4.66. The quantitative estimate of drug-likeness (QED) is 0.715. The van der Waals surface area contributed by atoms with Gasteiger partial charge >= 0.3 is 0 Å². The Labute approximate surface area is 141 Å². The van der Waals surface area contributed by atoms with E-state index in [0.717, 1.165) is 22.2 Å². The van der Waals surface area contributed by atoms with Crippen LogP contribution in [0.4, 0.5) is 5.69 Å². The zero-order valence-corrected chi connectivity index (χ0v) is 13.7. The van der Waals surface area contributed by atoms with E-state index in [9.17, 15) is 4.79 Å². The summed E-state index contributed by atoms with van der Waals surface area (Å²) in [5.41, 5.74) is 0.844. The number of amides is 1. The first-order chi connectivity index (χ1) is 11.7. The zero-order valence-electron chi connectivity index (χ0n) is 13.7. The van der Waals surface area contributed by atoms with Crippen LogP contribution in [-0.4, -0.2) is 26.7 Å². The number of hydrogen-bond donors (Lipinski definition) is 0. The third-order valence-electron chi connectivity index (χ3n) is 3.92. The Morgan fingerprint density at radius 2 is 1.58 bits per heavy atom. The van der Waals surface area contributed by atoms with Gasteiger partial charge in [0, 0.05) is 12.7 Å². The number of anilines is 1. The molecule has 0 saturated carbocycles. The van der Waals surface area contributed by atoms with Crippen molar-refractivity contribution in [3.05, 3.63) is 66.7 Å². The molecule has 0 heterocycles. The van der Waals surface area contributed by atoms with Crippen LogP contribution in [0.15, 0.2) is 66.7 Å². The largest absolute Gasteiger partial charge is 0.497 e. The van der Waals surface area contributed by atoms with Crippen LogP contribution in [-0.2, 0) is 4.79 Å². The lowest BCUT2D eigenvalue weighted by atomic mass is 10.1. The van der Waals surface area contributed by atoms with Crippen molar-refractivity contribution in [1.82, 2.24) is 0 Å². The molecule has 4 nitrogen and oxygen atoms in total. The van der Waals surface area contributed by atoms with E-state index in [1.807, 2.05) is 42.5 Å². The van der Waals surface area contributed by atoms with Gasteiger partial charge in [0.05, 0.1) is 7.11 Å². The first-order valence-electron chi connectivity index (χ1n) is 7.69. The predicted octanol–water partition coefficient (Wildman–Crippen LogP) is 3.89. The number of likely N-dealkylation sites (N-methyl/N-ethyl adjacent to an activating group) is 1. The van der Waals surface area contributed by atoms with Gasteiger partial charge in [0.2, 0.25) is 0 Å². The molecular formula is C20H19NO3. The molecule has 0 radical (unpaired) electrons. The zero-order chi connectivity index (χ0) is 16.9. The summed E-state index contributed by atoms with van der Waals surface area (Å²) in [6, 6.07) is 21.2. The van der Waals surface area contributed by atoms with Crippen molar-refractivity contribution in [2.24, 2.45) is 0 Å². The topological polar surface area (TPSA) is 38.8 Å². The monoisotopic (exact) mass is 321 g/mol. The van der Waals surface area contributed by atoms with Crippen molar-refractivity contribution < 1.29 is 14.3 Å². The van der Waals surface area contributed by atoms with Gasteiger partial charge in [-0.2, -0.15) is 0 Å². The lowest BCUT2D eigenvalue weighted by Crippen LogP contribution is -2.31. The lowest BCUT2D eigenvalue weighted by molar-refractivity contribution is -0.120. The van der Waals surface area contributed by atoms with Gasteiger partial charge in [-0.05, 0) is 47.2 Å². The van der Waals surface area contributed by atoms with Gasteiger partial charge in [-0.1, -0.05) is 30.3 Å². The molecular weight excluding hydrogens is 302 g/mol. The predicted molar refractivity (Wildman–Crippen MR) is 95.8 cm³/mol. The van der Waals surface area contributed by atoms with E-state index >= 15 is 0 Å². The van der Waals surface area contributed by atoms with Crippen molar-refractivity contribution in [3.8, 4) is 11.5 Å².